The van der Waals surface area contributed by atoms with Crippen molar-refractivity contribution in [3.63, 3.8) is 0 Å². The molecule has 1 saturated carbocycles. The van der Waals surface area contributed by atoms with Crippen LogP contribution in [0, 0.1) is 17.8 Å². The molecule has 0 bridgehead atoms. The molecule has 106 valence electrons. The van der Waals surface area contributed by atoms with Gasteiger partial charge in [0.1, 0.15) is 0 Å². The molecular formula is C16H32N2. The molecule has 2 nitrogen and oxygen atoms in total. The number of hydrogen-bond acceptors (Lipinski definition) is 2. The van der Waals surface area contributed by atoms with E-state index in [2.05, 4.69) is 31.0 Å². The lowest BCUT2D eigenvalue weighted by Crippen LogP contribution is -2.50. The molecule has 0 aromatic carbocycles. The topological polar surface area (TPSA) is 15.3 Å². The Morgan fingerprint density at radius 2 is 2.06 bits per heavy atom. The molecule has 1 heterocycles. The summed E-state index contributed by atoms with van der Waals surface area (Å²) in [5.41, 5.74) is 0. The lowest BCUT2D eigenvalue weighted by atomic mass is 9.78. The molecule has 0 radical (unpaired) electrons. The van der Waals surface area contributed by atoms with Crippen LogP contribution >= 0.6 is 0 Å². The molecule has 1 N–H and O–H groups in total. The number of rotatable bonds is 7. The largest absolute Gasteiger partial charge is 0.316 e. The van der Waals surface area contributed by atoms with Crippen LogP contribution < -0.4 is 5.32 Å². The van der Waals surface area contributed by atoms with Crippen LogP contribution in [0.4, 0.5) is 0 Å². The Hall–Kier alpha value is -0.0800. The van der Waals surface area contributed by atoms with Crippen LogP contribution in [-0.2, 0) is 0 Å². The molecular weight excluding hydrogens is 220 g/mol. The molecule has 1 aliphatic heterocycles. The summed E-state index contributed by atoms with van der Waals surface area (Å²) >= 11 is 0. The third-order valence-corrected chi connectivity index (χ3v) is 4.82. The van der Waals surface area contributed by atoms with Crippen molar-refractivity contribution in [1.82, 2.24) is 10.2 Å². The van der Waals surface area contributed by atoms with Crippen LogP contribution in [0.3, 0.4) is 0 Å². The molecule has 2 fully saturated rings. The number of likely N-dealkylation sites (tertiary alicyclic amines) is 1. The van der Waals surface area contributed by atoms with Gasteiger partial charge in [-0.1, -0.05) is 27.2 Å². The Morgan fingerprint density at radius 1 is 1.22 bits per heavy atom. The lowest BCUT2D eigenvalue weighted by Gasteiger charge is -2.43. The van der Waals surface area contributed by atoms with Crippen LogP contribution in [0.2, 0.25) is 0 Å². The molecule has 1 saturated heterocycles. The summed E-state index contributed by atoms with van der Waals surface area (Å²) in [6.45, 7) is 12.1. The zero-order chi connectivity index (χ0) is 13.0. The first-order valence-electron chi connectivity index (χ1n) is 8.15. The Bertz CT molecular complexity index is 239. The van der Waals surface area contributed by atoms with Gasteiger partial charge in [-0.05, 0) is 63.1 Å². The highest BCUT2D eigenvalue weighted by Crippen LogP contribution is 2.35. The minimum absolute atomic E-state index is 0.782. The Morgan fingerprint density at radius 3 is 2.67 bits per heavy atom. The summed E-state index contributed by atoms with van der Waals surface area (Å²) in [5, 5.41) is 3.65. The molecule has 0 spiro atoms. The van der Waals surface area contributed by atoms with Gasteiger partial charge in [0.15, 0.2) is 0 Å². The van der Waals surface area contributed by atoms with Gasteiger partial charge >= 0.3 is 0 Å². The van der Waals surface area contributed by atoms with Crippen molar-refractivity contribution in [3.05, 3.63) is 0 Å². The Kier molecular flexibility index (Phi) is 5.50. The zero-order valence-corrected chi connectivity index (χ0v) is 12.6. The van der Waals surface area contributed by atoms with Gasteiger partial charge in [0, 0.05) is 12.6 Å². The summed E-state index contributed by atoms with van der Waals surface area (Å²) in [4.78, 5) is 2.80. The fourth-order valence-electron chi connectivity index (χ4n) is 3.64. The second-order valence-corrected chi connectivity index (χ2v) is 6.90. The van der Waals surface area contributed by atoms with E-state index in [-0.39, 0.29) is 0 Å². The average Bonchev–Trinajstić information content (AvgIpc) is 2.71. The van der Waals surface area contributed by atoms with Crippen molar-refractivity contribution in [1.29, 1.82) is 0 Å². The van der Waals surface area contributed by atoms with Gasteiger partial charge in [-0.2, -0.15) is 0 Å². The van der Waals surface area contributed by atoms with Crippen molar-refractivity contribution in [2.45, 2.75) is 58.9 Å². The summed E-state index contributed by atoms with van der Waals surface area (Å²) in [6.07, 6.45) is 7.16. The van der Waals surface area contributed by atoms with Gasteiger partial charge in [0.05, 0.1) is 0 Å². The maximum atomic E-state index is 3.65. The highest BCUT2D eigenvalue weighted by atomic mass is 15.2. The maximum Gasteiger partial charge on any atom is 0.0136 e. The van der Waals surface area contributed by atoms with E-state index in [9.17, 15) is 0 Å². The van der Waals surface area contributed by atoms with Crippen molar-refractivity contribution in [3.8, 4) is 0 Å². The molecule has 18 heavy (non-hydrogen) atoms. The fraction of sp³-hybridized carbons (Fsp3) is 1.00. The summed E-state index contributed by atoms with van der Waals surface area (Å²) in [6, 6.07) is 0.909. The molecule has 0 aromatic rings. The first-order valence-corrected chi connectivity index (χ1v) is 8.15. The molecule has 2 aliphatic rings. The summed E-state index contributed by atoms with van der Waals surface area (Å²) < 4.78 is 0. The third-order valence-electron chi connectivity index (χ3n) is 4.82. The van der Waals surface area contributed by atoms with Crippen molar-refractivity contribution in [2.24, 2.45) is 17.8 Å². The maximum absolute atomic E-state index is 3.65. The number of nitrogens with zero attached hydrogens (tertiary/aromatic N) is 1. The zero-order valence-electron chi connectivity index (χ0n) is 12.6. The van der Waals surface area contributed by atoms with Crippen molar-refractivity contribution in [2.75, 3.05) is 26.2 Å². The van der Waals surface area contributed by atoms with E-state index < -0.39 is 0 Å². The number of nitrogens with one attached hydrogen (secondary N) is 1. The minimum Gasteiger partial charge on any atom is -0.316 e. The highest BCUT2D eigenvalue weighted by molar-refractivity contribution is 4.93. The van der Waals surface area contributed by atoms with Gasteiger partial charge in [-0.15, -0.1) is 0 Å². The van der Waals surface area contributed by atoms with Crippen LogP contribution in [0.25, 0.3) is 0 Å². The lowest BCUT2D eigenvalue weighted by molar-refractivity contribution is 0.0782. The van der Waals surface area contributed by atoms with E-state index in [1.54, 1.807) is 0 Å². The molecule has 2 rings (SSSR count). The molecule has 1 aliphatic carbocycles. The summed E-state index contributed by atoms with van der Waals surface area (Å²) in [7, 11) is 0. The predicted molar refractivity (Wildman–Crippen MR) is 78.8 cm³/mol. The van der Waals surface area contributed by atoms with Gasteiger partial charge < -0.3 is 5.32 Å². The van der Waals surface area contributed by atoms with Crippen LogP contribution in [-0.4, -0.2) is 37.1 Å². The van der Waals surface area contributed by atoms with Gasteiger partial charge in [0.2, 0.25) is 0 Å². The van der Waals surface area contributed by atoms with Crippen molar-refractivity contribution < 1.29 is 0 Å². The summed E-state index contributed by atoms with van der Waals surface area (Å²) in [5.74, 6) is 2.72. The van der Waals surface area contributed by atoms with Gasteiger partial charge in [0.25, 0.3) is 0 Å². The van der Waals surface area contributed by atoms with Crippen LogP contribution in [0.1, 0.15) is 52.9 Å². The normalized spacial score (nSPS) is 33.0. The second-order valence-electron chi connectivity index (χ2n) is 6.90. The molecule has 3 unspecified atom stereocenters. The van der Waals surface area contributed by atoms with Crippen LogP contribution in [0.15, 0.2) is 0 Å². The molecule has 2 heteroatoms. The van der Waals surface area contributed by atoms with E-state index in [4.69, 9.17) is 0 Å². The average molecular weight is 252 g/mol. The molecule has 0 amide bonds. The standard InChI is InChI=1S/C16H32N2/c1-4-5-14-8-9-18(12-14)16-7-6-15(16)11-17-10-13(2)3/h13-17H,4-12H2,1-3H3. The smallest absolute Gasteiger partial charge is 0.0136 e. The predicted octanol–water partition coefficient (Wildman–Crippen LogP) is 3.13. The van der Waals surface area contributed by atoms with Crippen LogP contribution in [0.5, 0.6) is 0 Å². The molecule has 3 atom stereocenters. The Balaban J connectivity index is 1.67. The van der Waals surface area contributed by atoms with Gasteiger partial charge in [-0.3, -0.25) is 4.90 Å². The fourth-order valence-corrected chi connectivity index (χ4v) is 3.64. The minimum atomic E-state index is 0.782. The van der Waals surface area contributed by atoms with E-state index in [0.29, 0.717) is 0 Å². The second kappa shape index (κ2) is 6.91. The first kappa shape index (κ1) is 14.3. The highest BCUT2D eigenvalue weighted by Gasteiger charge is 2.37. The molecule has 0 aromatic heterocycles. The van der Waals surface area contributed by atoms with E-state index in [1.807, 2.05) is 0 Å². The first-order chi connectivity index (χ1) is 8.70. The van der Waals surface area contributed by atoms with E-state index in [1.165, 1.54) is 58.3 Å². The van der Waals surface area contributed by atoms with Gasteiger partial charge in [-0.25, -0.2) is 0 Å². The SMILES string of the molecule is CCCC1CCN(C2CCC2CNCC(C)C)C1. The Labute approximate surface area is 114 Å². The number of hydrogen-bond donors (Lipinski definition) is 1. The van der Waals surface area contributed by atoms with E-state index in [0.717, 1.165) is 23.8 Å². The van der Waals surface area contributed by atoms with E-state index >= 15 is 0 Å². The monoisotopic (exact) mass is 252 g/mol. The van der Waals surface area contributed by atoms with Crippen molar-refractivity contribution >= 4 is 0 Å². The third kappa shape index (κ3) is 3.71. The quantitative estimate of drug-likeness (QED) is 0.749.